The Bertz CT molecular complexity index is 630. The molecule has 0 spiro atoms. The summed E-state index contributed by atoms with van der Waals surface area (Å²) >= 11 is 1.50. The fourth-order valence-corrected chi connectivity index (χ4v) is 4.38. The molecule has 110 valence electrons. The summed E-state index contributed by atoms with van der Waals surface area (Å²) in [5, 5.41) is 1.18. The van der Waals surface area contributed by atoms with E-state index in [0.717, 1.165) is 24.3 Å². The highest BCUT2D eigenvalue weighted by atomic mass is 32.1. The number of rotatable bonds is 2. The van der Waals surface area contributed by atoms with Gasteiger partial charge < -0.3 is 15.4 Å². The summed E-state index contributed by atoms with van der Waals surface area (Å²) in [5.41, 5.74) is 8.28. The third kappa shape index (κ3) is 2.18. The topological polar surface area (TPSA) is 64.3 Å². The summed E-state index contributed by atoms with van der Waals surface area (Å²) < 4.78 is 10.3. The minimum absolute atomic E-state index is 0.368. The molecule has 2 N–H and O–H groups in total. The second-order valence-electron chi connectivity index (χ2n) is 5.58. The zero-order chi connectivity index (χ0) is 14.2. The van der Waals surface area contributed by atoms with Gasteiger partial charge in [-0.3, -0.25) is 4.98 Å². The number of ether oxygens (including phenoxy) is 1. The molecule has 2 aromatic rings. The standard InChI is InChI=1S/C15H18N4OS/c16-14-13(10-4-6-17-7-5-10)15(21-18-14)19-8-9-20-12-3-1-2-11(12)19/h4-7,11-12H,1-3,8-9H2,(H2,16,18). The number of anilines is 2. The molecule has 21 heavy (non-hydrogen) atoms. The summed E-state index contributed by atoms with van der Waals surface area (Å²) in [7, 11) is 0. The Kier molecular flexibility index (Phi) is 3.27. The lowest BCUT2D eigenvalue weighted by Gasteiger charge is -2.38. The molecule has 0 aromatic carbocycles. The van der Waals surface area contributed by atoms with E-state index in [1.54, 1.807) is 12.4 Å². The summed E-state index contributed by atoms with van der Waals surface area (Å²) in [6, 6.07) is 4.46. The Morgan fingerprint density at radius 1 is 1.29 bits per heavy atom. The maximum atomic E-state index is 6.14. The number of pyridine rings is 1. The number of hydrogen-bond donors (Lipinski definition) is 1. The molecule has 6 heteroatoms. The highest BCUT2D eigenvalue weighted by Crippen LogP contribution is 2.43. The normalized spacial score (nSPS) is 25.0. The smallest absolute Gasteiger partial charge is 0.147 e. The second kappa shape index (κ2) is 5.27. The maximum Gasteiger partial charge on any atom is 0.147 e. The van der Waals surface area contributed by atoms with Gasteiger partial charge in [0, 0.05) is 18.9 Å². The number of nitrogens with zero attached hydrogens (tertiary/aromatic N) is 3. The van der Waals surface area contributed by atoms with Crippen LogP contribution in [0.2, 0.25) is 0 Å². The SMILES string of the molecule is Nc1nsc(N2CCOC3CCCC32)c1-c1ccncc1. The lowest BCUT2D eigenvalue weighted by atomic mass is 10.1. The quantitative estimate of drug-likeness (QED) is 0.923. The van der Waals surface area contributed by atoms with E-state index in [2.05, 4.69) is 14.3 Å². The number of fused-ring (bicyclic) bond motifs is 1. The molecule has 3 heterocycles. The van der Waals surface area contributed by atoms with Gasteiger partial charge in [0.15, 0.2) is 0 Å². The first-order chi connectivity index (χ1) is 10.3. The lowest BCUT2D eigenvalue weighted by Crippen LogP contribution is -2.48. The van der Waals surface area contributed by atoms with E-state index < -0.39 is 0 Å². The van der Waals surface area contributed by atoms with Crippen LogP contribution in [-0.4, -0.2) is 34.7 Å². The van der Waals surface area contributed by atoms with Crippen molar-refractivity contribution in [1.82, 2.24) is 9.36 Å². The Morgan fingerprint density at radius 2 is 2.14 bits per heavy atom. The van der Waals surface area contributed by atoms with Gasteiger partial charge in [0.25, 0.3) is 0 Å². The van der Waals surface area contributed by atoms with E-state index in [-0.39, 0.29) is 0 Å². The van der Waals surface area contributed by atoms with Crippen molar-refractivity contribution in [3.63, 3.8) is 0 Å². The average Bonchev–Trinajstić information content (AvgIpc) is 3.14. The first kappa shape index (κ1) is 13.0. The summed E-state index contributed by atoms with van der Waals surface area (Å²) in [6.45, 7) is 1.70. The number of nitrogen functional groups attached to an aromatic ring is 1. The van der Waals surface area contributed by atoms with Crippen molar-refractivity contribution in [2.75, 3.05) is 23.8 Å². The number of nitrogens with two attached hydrogens (primary N) is 1. The van der Waals surface area contributed by atoms with E-state index >= 15 is 0 Å². The molecule has 0 radical (unpaired) electrons. The summed E-state index contributed by atoms with van der Waals surface area (Å²) in [6.07, 6.45) is 7.57. The molecule has 2 aromatic heterocycles. The number of hydrogen-bond acceptors (Lipinski definition) is 6. The molecular weight excluding hydrogens is 284 g/mol. The van der Waals surface area contributed by atoms with Gasteiger partial charge in [-0.15, -0.1) is 0 Å². The molecule has 1 aliphatic heterocycles. The lowest BCUT2D eigenvalue weighted by molar-refractivity contribution is 0.0259. The van der Waals surface area contributed by atoms with E-state index in [9.17, 15) is 0 Å². The molecule has 0 bridgehead atoms. The number of aromatic nitrogens is 2. The predicted molar refractivity (Wildman–Crippen MR) is 84.5 cm³/mol. The first-order valence-corrected chi connectivity index (χ1v) is 8.16. The molecular formula is C15H18N4OS. The Morgan fingerprint density at radius 3 is 3.00 bits per heavy atom. The van der Waals surface area contributed by atoms with Gasteiger partial charge in [-0.05, 0) is 48.5 Å². The van der Waals surface area contributed by atoms with Crippen molar-refractivity contribution in [3.8, 4) is 11.1 Å². The van der Waals surface area contributed by atoms with Gasteiger partial charge in [-0.2, -0.15) is 4.37 Å². The van der Waals surface area contributed by atoms with Gasteiger partial charge in [0.2, 0.25) is 0 Å². The van der Waals surface area contributed by atoms with E-state index in [4.69, 9.17) is 10.5 Å². The van der Waals surface area contributed by atoms with Crippen molar-refractivity contribution < 1.29 is 4.74 Å². The average molecular weight is 302 g/mol. The van der Waals surface area contributed by atoms with Crippen molar-refractivity contribution in [2.24, 2.45) is 0 Å². The van der Waals surface area contributed by atoms with Crippen LogP contribution in [0.4, 0.5) is 10.8 Å². The summed E-state index contributed by atoms with van der Waals surface area (Å²) in [5.74, 6) is 0.613. The van der Waals surface area contributed by atoms with Crippen LogP contribution in [0.15, 0.2) is 24.5 Å². The van der Waals surface area contributed by atoms with Crippen molar-refractivity contribution >= 4 is 22.4 Å². The van der Waals surface area contributed by atoms with Crippen LogP contribution in [0.3, 0.4) is 0 Å². The molecule has 5 nitrogen and oxygen atoms in total. The Hall–Kier alpha value is -1.66. The number of morpholine rings is 1. The third-order valence-corrected chi connectivity index (χ3v) is 5.31. The van der Waals surface area contributed by atoms with Gasteiger partial charge in [-0.1, -0.05) is 0 Å². The second-order valence-corrected chi connectivity index (χ2v) is 6.34. The van der Waals surface area contributed by atoms with Gasteiger partial charge in [0.05, 0.1) is 24.3 Å². The van der Waals surface area contributed by atoms with Gasteiger partial charge >= 0.3 is 0 Å². The molecule has 1 saturated heterocycles. The highest BCUT2D eigenvalue weighted by molar-refractivity contribution is 7.11. The molecule has 2 atom stereocenters. The van der Waals surface area contributed by atoms with Crippen LogP contribution in [-0.2, 0) is 4.74 Å². The molecule has 1 aliphatic carbocycles. The van der Waals surface area contributed by atoms with Crippen LogP contribution in [0.5, 0.6) is 0 Å². The van der Waals surface area contributed by atoms with Crippen LogP contribution < -0.4 is 10.6 Å². The van der Waals surface area contributed by atoms with E-state index in [1.165, 1.54) is 35.8 Å². The van der Waals surface area contributed by atoms with Crippen LogP contribution >= 0.6 is 11.5 Å². The first-order valence-electron chi connectivity index (χ1n) is 7.38. The minimum atomic E-state index is 0.368. The van der Waals surface area contributed by atoms with Gasteiger partial charge in [0.1, 0.15) is 10.8 Å². The Balaban J connectivity index is 1.76. The van der Waals surface area contributed by atoms with Gasteiger partial charge in [-0.25, -0.2) is 0 Å². The zero-order valence-electron chi connectivity index (χ0n) is 11.7. The molecule has 2 fully saturated rings. The maximum absolute atomic E-state index is 6.14. The fraction of sp³-hybridized carbons (Fsp3) is 0.467. The van der Waals surface area contributed by atoms with Crippen molar-refractivity contribution in [2.45, 2.75) is 31.4 Å². The molecule has 2 unspecified atom stereocenters. The predicted octanol–water partition coefficient (Wildman–Crippen LogP) is 2.55. The monoisotopic (exact) mass is 302 g/mol. The van der Waals surface area contributed by atoms with E-state index in [0.29, 0.717) is 18.0 Å². The Labute approximate surface area is 127 Å². The van der Waals surface area contributed by atoms with Crippen molar-refractivity contribution in [3.05, 3.63) is 24.5 Å². The van der Waals surface area contributed by atoms with Crippen LogP contribution in [0.1, 0.15) is 19.3 Å². The zero-order valence-corrected chi connectivity index (χ0v) is 12.6. The molecule has 1 saturated carbocycles. The van der Waals surface area contributed by atoms with Crippen LogP contribution in [0.25, 0.3) is 11.1 Å². The largest absolute Gasteiger partial charge is 0.382 e. The van der Waals surface area contributed by atoms with Crippen LogP contribution in [0, 0.1) is 0 Å². The molecule has 0 amide bonds. The fourth-order valence-electron chi connectivity index (χ4n) is 3.46. The molecule has 2 aliphatic rings. The molecule has 4 rings (SSSR count). The highest BCUT2D eigenvalue weighted by Gasteiger charge is 2.38. The summed E-state index contributed by atoms with van der Waals surface area (Å²) in [4.78, 5) is 6.55. The van der Waals surface area contributed by atoms with E-state index in [1.807, 2.05) is 12.1 Å². The third-order valence-electron chi connectivity index (χ3n) is 4.41. The minimum Gasteiger partial charge on any atom is -0.382 e. The van der Waals surface area contributed by atoms with Crippen molar-refractivity contribution in [1.29, 1.82) is 0 Å².